The molecule has 2 heterocycles. The van der Waals surface area contributed by atoms with E-state index in [1.54, 1.807) is 17.5 Å². The van der Waals surface area contributed by atoms with E-state index in [0.717, 1.165) is 29.1 Å². The van der Waals surface area contributed by atoms with Gasteiger partial charge >= 0.3 is 0 Å². The highest BCUT2D eigenvalue weighted by Gasteiger charge is 2.12. The van der Waals surface area contributed by atoms with Gasteiger partial charge in [0.2, 0.25) is 0 Å². The van der Waals surface area contributed by atoms with Crippen LogP contribution in [0.1, 0.15) is 16.3 Å². The maximum absolute atomic E-state index is 5.83. The van der Waals surface area contributed by atoms with Gasteiger partial charge in [0.1, 0.15) is 5.82 Å². The fourth-order valence-electron chi connectivity index (χ4n) is 1.79. The summed E-state index contributed by atoms with van der Waals surface area (Å²) in [4.78, 5) is 8.51. The third-order valence-corrected chi connectivity index (χ3v) is 3.70. The van der Waals surface area contributed by atoms with Gasteiger partial charge < -0.3 is 5.73 Å². The smallest absolute Gasteiger partial charge is 0.126 e. The summed E-state index contributed by atoms with van der Waals surface area (Å²) in [7, 11) is 0. The zero-order valence-corrected chi connectivity index (χ0v) is 11.1. The fraction of sp³-hybridized carbons (Fsp3) is 0.333. The molecule has 0 fully saturated rings. The highest BCUT2D eigenvalue weighted by molar-refractivity contribution is 7.09. The van der Waals surface area contributed by atoms with Gasteiger partial charge in [-0.25, -0.2) is 9.97 Å². The highest BCUT2D eigenvalue weighted by Crippen LogP contribution is 2.15. The second-order valence-electron chi connectivity index (χ2n) is 4.20. The second-order valence-corrected chi connectivity index (χ2v) is 5.14. The topological polar surface area (TPSA) is 89.8 Å². The van der Waals surface area contributed by atoms with Crippen molar-refractivity contribution in [3.05, 3.63) is 40.0 Å². The van der Waals surface area contributed by atoms with Crippen LogP contribution in [0.3, 0.4) is 0 Å². The average molecular weight is 263 g/mol. The van der Waals surface area contributed by atoms with Gasteiger partial charge in [-0.15, -0.1) is 11.3 Å². The molecule has 0 aliphatic carbocycles. The minimum Gasteiger partial charge on any atom is -0.383 e. The van der Waals surface area contributed by atoms with Crippen molar-refractivity contribution in [3.63, 3.8) is 0 Å². The largest absolute Gasteiger partial charge is 0.383 e. The van der Waals surface area contributed by atoms with Crippen LogP contribution >= 0.6 is 11.3 Å². The van der Waals surface area contributed by atoms with Gasteiger partial charge in [0, 0.05) is 29.7 Å². The van der Waals surface area contributed by atoms with Crippen LogP contribution in [0.2, 0.25) is 0 Å². The lowest BCUT2D eigenvalue weighted by atomic mass is 10.0. The van der Waals surface area contributed by atoms with E-state index in [1.807, 2.05) is 24.4 Å². The van der Waals surface area contributed by atoms with E-state index < -0.39 is 0 Å². The number of nitrogens with two attached hydrogens (primary N) is 2. The molecular formula is C12H17N5S. The van der Waals surface area contributed by atoms with Crippen molar-refractivity contribution in [1.29, 1.82) is 0 Å². The summed E-state index contributed by atoms with van der Waals surface area (Å²) in [6.07, 6.45) is 3.23. The Morgan fingerprint density at radius 2 is 2.28 bits per heavy atom. The van der Waals surface area contributed by atoms with Crippen LogP contribution in [0.4, 0.5) is 5.82 Å². The Hall–Kier alpha value is -1.50. The summed E-state index contributed by atoms with van der Waals surface area (Å²) in [5.74, 6) is 6.15. The first-order valence-electron chi connectivity index (χ1n) is 5.75. The quantitative estimate of drug-likeness (QED) is 0.554. The molecule has 0 spiro atoms. The van der Waals surface area contributed by atoms with Gasteiger partial charge in [-0.3, -0.25) is 11.3 Å². The second kappa shape index (κ2) is 5.90. The van der Waals surface area contributed by atoms with E-state index in [9.17, 15) is 0 Å². The number of aromatic nitrogens is 2. The van der Waals surface area contributed by atoms with Crippen molar-refractivity contribution in [1.82, 2.24) is 15.4 Å². The minimum absolute atomic E-state index is 0.113. The lowest BCUT2D eigenvalue weighted by Gasteiger charge is -2.15. The Morgan fingerprint density at radius 3 is 2.89 bits per heavy atom. The molecule has 6 heteroatoms. The molecule has 96 valence electrons. The first kappa shape index (κ1) is 12.9. The van der Waals surface area contributed by atoms with Gasteiger partial charge in [-0.1, -0.05) is 6.07 Å². The van der Waals surface area contributed by atoms with Crippen molar-refractivity contribution in [2.24, 2.45) is 5.84 Å². The number of thiazole rings is 1. The fourth-order valence-corrected chi connectivity index (χ4v) is 2.64. The number of hydrogen-bond donors (Lipinski definition) is 3. The molecule has 5 N–H and O–H groups in total. The van der Waals surface area contributed by atoms with E-state index in [4.69, 9.17) is 11.6 Å². The summed E-state index contributed by atoms with van der Waals surface area (Å²) in [6, 6.07) is 3.97. The van der Waals surface area contributed by atoms with Crippen LogP contribution in [0, 0.1) is 6.92 Å². The van der Waals surface area contributed by atoms with Crippen molar-refractivity contribution < 1.29 is 0 Å². The molecular weight excluding hydrogens is 246 g/mol. The van der Waals surface area contributed by atoms with Gasteiger partial charge in [0.25, 0.3) is 0 Å². The molecule has 0 aliphatic heterocycles. The highest BCUT2D eigenvalue weighted by atomic mass is 32.1. The molecule has 1 unspecified atom stereocenters. The summed E-state index contributed by atoms with van der Waals surface area (Å²) in [5, 5.41) is 3.12. The number of nitrogens with zero attached hydrogens (tertiary/aromatic N) is 2. The van der Waals surface area contributed by atoms with Crippen LogP contribution in [0.15, 0.2) is 23.7 Å². The molecule has 0 radical (unpaired) electrons. The van der Waals surface area contributed by atoms with E-state index >= 15 is 0 Å². The van der Waals surface area contributed by atoms with E-state index in [0.29, 0.717) is 5.82 Å². The average Bonchev–Trinajstić information content (AvgIpc) is 2.76. The van der Waals surface area contributed by atoms with E-state index in [-0.39, 0.29) is 6.04 Å². The van der Waals surface area contributed by atoms with Crippen molar-refractivity contribution in [3.8, 4) is 0 Å². The van der Waals surface area contributed by atoms with Gasteiger partial charge in [-0.2, -0.15) is 0 Å². The predicted octanol–water partition coefficient (Wildman–Crippen LogP) is 1.05. The predicted molar refractivity (Wildman–Crippen MR) is 74.0 cm³/mol. The van der Waals surface area contributed by atoms with E-state index in [1.165, 1.54) is 0 Å². The number of anilines is 1. The molecule has 0 saturated heterocycles. The van der Waals surface area contributed by atoms with Crippen LogP contribution in [-0.4, -0.2) is 16.0 Å². The summed E-state index contributed by atoms with van der Waals surface area (Å²) < 4.78 is 0. The van der Waals surface area contributed by atoms with Gasteiger partial charge in [0.15, 0.2) is 0 Å². The van der Waals surface area contributed by atoms with Gasteiger partial charge in [0.05, 0.1) is 5.01 Å². The zero-order valence-electron chi connectivity index (χ0n) is 10.3. The number of aryl methyl sites for hydroxylation is 1. The zero-order chi connectivity index (χ0) is 13.0. The monoisotopic (exact) mass is 263 g/mol. The maximum Gasteiger partial charge on any atom is 0.126 e. The number of nitrogen functional groups attached to an aromatic ring is 1. The molecule has 18 heavy (non-hydrogen) atoms. The molecule has 2 aromatic rings. The lowest BCUT2D eigenvalue weighted by molar-refractivity contribution is 0.521. The minimum atomic E-state index is 0.113. The van der Waals surface area contributed by atoms with Crippen LogP contribution in [0.25, 0.3) is 0 Å². The Bertz CT molecular complexity index is 511. The third-order valence-electron chi connectivity index (χ3n) is 2.72. The first-order chi connectivity index (χ1) is 8.69. The van der Waals surface area contributed by atoms with Crippen molar-refractivity contribution >= 4 is 17.2 Å². The van der Waals surface area contributed by atoms with Crippen LogP contribution < -0.4 is 17.0 Å². The van der Waals surface area contributed by atoms with E-state index in [2.05, 4.69) is 15.4 Å². The standard InChI is InChI=1S/C12H17N5S/c1-8-7-18-11(16-8)6-10(17-14)5-9-3-2-4-15-12(9)13/h2-4,7,10,17H,5-6,14H2,1H3,(H2,13,15). The summed E-state index contributed by atoms with van der Waals surface area (Å²) in [6.45, 7) is 1.99. The molecule has 2 aromatic heterocycles. The SMILES string of the molecule is Cc1csc(CC(Cc2cccnc2N)NN)n1. The molecule has 0 aromatic carbocycles. The number of hydrogen-bond acceptors (Lipinski definition) is 6. The van der Waals surface area contributed by atoms with Crippen molar-refractivity contribution in [2.75, 3.05) is 5.73 Å². The lowest BCUT2D eigenvalue weighted by Crippen LogP contribution is -2.38. The Morgan fingerprint density at radius 1 is 1.44 bits per heavy atom. The van der Waals surface area contributed by atoms with Gasteiger partial charge in [-0.05, 0) is 25.0 Å². The number of hydrazine groups is 1. The summed E-state index contributed by atoms with van der Waals surface area (Å²) in [5.41, 5.74) is 10.7. The van der Waals surface area contributed by atoms with Crippen LogP contribution in [-0.2, 0) is 12.8 Å². The molecule has 0 amide bonds. The Kier molecular flexibility index (Phi) is 4.24. The number of pyridine rings is 1. The third kappa shape index (κ3) is 3.25. The Labute approximate surface area is 110 Å². The first-order valence-corrected chi connectivity index (χ1v) is 6.63. The number of nitrogens with one attached hydrogen (secondary N) is 1. The molecule has 5 nitrogen and oxygen atoms in total. The normalized spacial score (nSPS) is 12.6. The number of rotatable bonds is 5. The maximum atomic E-state index is 5.83. The molecule has 0 saturated carbocycles. The van der Waals surface area contributed by atoms with Crippen molar-refractivity contribution in [2.45, 2.75) is 25.8 Å². The molecule has 2 rings (SSSR count). The summed E-state index contributed by atoms with van der Waals surface area (Å²) >= 11 is 1.65. The molecule has 1 atom stereocenters. The van der Waals surface area contributed by atoms with Crippen LogP contribution in [0.5, 0.6) is 0 Å². The Balaban J connectivity index is 2.04. The molecule has 0 aliphatic rings. The molecule has 0 bridgehead atoms.